The van der Waals surface area contributed by atoms with E-state index in [2.05, 4.69) is 29.4 Å². The molecular formula is C17H13NO2. The van der Waals surface area contributed by atoms with Crippen LogP contribution >= 0.6 is 0 Å². The van der Waals surface area contributed by atoms with Crippen LogP contribution in [0.25, 0.3) is 0 Å². The van der Waals surface area contributed by atoms with Gasteiger partial charge in [0, 0.05) is 5.56 Å². The first-order chi connectivity index (χ1) is 9.91. The molecule has 1 aliphatic heterocycles. The highest BCUT2D eigenvalue weighted by molar-refractivity contribution is 5.48. The van der Waals surface area contributed by atoms with Crippen LogP contribution in [0.4, 0.5) is 0 Å². The SMILES string of the molecule is c1ccc(C2(c3ccccc3)OCc3conc32)cc1. The molecular weight excluding hydrogens is 250 g/mol. The summed E-state index contributed by atoms with van der Waals surface area (Å²) in [6.45, 7) is 0.516. The van der Waals surface area contributed by atoms with Crippen LogP contribution in [0.2, 0.25) is 0 Å². The number of nitrogens with zero attached hydrogens (tertiary/aromatic N) is 1. The second-order valence-electron chi connectivity index (χ2n) is 4.89. The molecule has 0 unspecified atom stereocenters. The van der Waals surface area contributed by atoms with E-state index in [1.54, 1.807) is 6.26 Å². The molecule has 0 amide bonds. The third kappa shape index (κ3) is 1.47. The lowest BCUT2D eigenvalue weighted by atomic mass is 9.83. The number of aromatic nitrogens is 1. The van der Waals surface area contributed by atoms with E-state index < -0.39 is 5.60 Å². The van der Waals surface area contributed by atoms with E-state index in [-0.39, 0.29) is 0 Å². The Morgan fingerprint density at radius 3 is 2.05 bits per heavy atom. The summed E-state index contributed by atoms with van der Waals surface area (Å²) in [6, 6.07) is 20.3. The van der Waals surface area contributed by atoms with Crippen molar-refractivity contribution in [2.45, 2.75) is 12.2 Å². The highest BCUT2D eigenvalue weighted by Crippen LogP contribution is 2.45. The molecule has 0 spiro atoms. The lowest BCUT2D eigenvalue weighted by Crippen LogP contribution is -2.29. The second kappa shape index (κ2) is 4.32. The largest absolute Gasteiger partial charge is 0.364 e. The Labute approximate surface area is 116 Å². The van der Waals surface area contributed by atoms with E-state index in [0.717, 1.165) is 22.4 Å². The molecule has 0 saturated heterocycles. The Balaban J connectivity index is 2.01. The Morgan fingerprint density at radius 1 is 0.850 bits per heavy atom. The highest BCUT2D eigenvalue weighted by Gasteiger charge is 2.46. The summed E-state index contributed by atoms with van der Waals surface area (Å²) in [6.07, 6.45) is 1.67. The summed E-state index contributed by atoms with van der Waals surface area (Å²) in [5.74, 6) is 0. The topological polar surface area (TPSA) is 35.3 Å². The Morgan fingerprint density at radius 2 is 1.45 bits per heavy atom. The molecule has 3 heteroatoms. The normalized spacial score (nSPS) is 16.0. The highest BCUT2D eigenvalue weighted by atomic mass is 16.5. The number of hydrogen-bond acceptors (Lipinski definition) is 3. The monoisotopic (exact) mass is 263 g/mol. The van der Waals surface area contributed by atoms with Crippen molar-refractivity contribution in [1.29, 1.82) is 0 Å². The molecule has 0 aliphatic carbocycles. The van der Waals surface area contributed by atoms with Crippen LogP contribution in [0.5, 0.6) is 0 Å². The second-order valence-corrected chi connectivity index (χ2v) is 4.89. The van der Waals surface area contributed by atoms with E-state index in [1.165, 1.54) is 0 Å². The third-order valence-corrected chi connectivity index (χ3v) is 3.78. The van der Waals surface area contributed by atoms with Gasteiger partial charge in [0.1, 0.15) is 12.0 Å². The Kier molecular flexibility index (Phi) is 2.47. The van der Waals surface area contributed by atoms with Gasteiger partial charge in [0.25, 0.3) is 0 Å². The van der Waals surface area contributed by atoms with Crippen LogP contribution in [0.15, 0.2) is 71.4 Å². The third-order valence-electron chi connectivity index (χ3n) is 3.78. The average Bonchev–Trinajstić information content (AvgIpc) is 3.11. The molecule has 3 aromatic rings. The molecule has 0 bridgehead atoms. The van der Waals surface area contributed by atoms with Gasteiger partial charge in [-0.05, 0) is 11.1 Å². The van der Waals surface area contributed by atoms with E-state index >= 15 is 0 Å². The zero-order chi connectivity index (χ0) is 13.4. The van der Waals surface area contributed by atoms with Crippen LogP contribution < -0.4 is 0 Å². The van der Waals surface area contributed by atoms with Gasteiger partial charge in [-0.1, -0.05) is 65.8 Å². The molecule has 0 fully saturated rings. The van der Waals surface area contributed by atoms with Crippen molar-refractivity contribution in [3.05, 3.63) is 89.3 Å². The van der Waals surface area contributed by atoms with Crippen molar-refractivity contribution in [3.8, 4) is 0 Å². The smallest absolute Gasteiger partial charge is 0.164 e. The summed E-state index contributed by atoms with van der Waals surface area (Å²) < 4.78 is 11.4. The van der Waals surface area contributed by atoms with E-state index in [4.69, 9.17) is 9.26 Å². The Bertz CT molecular complexity index is 680. The molecule has 0 atom stereocenters. The van der Waals surface area contributed by atoms with Crippen LogP contribution in [0, 0.1) is 0 Å². The maximum atomic E-state index is 6.20. The van der Waals surface area contributed by atoms with Crippen LogP contribution in [0.1, 0.15) is 22.4 Å². The molecule has 2 aromatic carbocycles. The number of fused-ring (bicyclic) bond motifs is 1. The predicted octanol–water partition coefficient (Wildman–Crippen LogP) is 3.50. The summed E-state index contributed by atoms with van der Waals surface area (Å²) in [7, 11) is 0. The van der Waals surface area contributed by atoms with Gasteiger partial charge < -0.3 is 9.26 Å². The summed E-state index contributed by atoms with van der Waals surface area (Å²) in [5, 5.41) is 4.20. The molecule has 1 aromatic heterocycles. The maximum absolute atomic E-state index is 6.20. The fourth-order valence-corrected chi connectivity index (χ4v) is 2.86. The van der Waals surface area contributed by atoms with E-state index in [0.29, 0.717) is 6.61 Å². The van der Waals surface area contributed by atoms with Crippen LogP contribution in [-0.4, -0.2) is 5.16 Å². The fraction of sp³-hybridized carbons (Fsp3) is 0.118. The molecule has 1 aliphatic rings. The molecule has 3 nitrogen and oxygen atoms in total. The molecule has 20 heavy (non-hydrogen) atoms. The van der Waals surface area contributed by atoms with Crippen LogP contribution in [-0.2, 0) is 16.9 Å². The van der Waals surface area contributed by atoms with Gasteiger partial charge in [-0.25, -0.2) is 0 Å². The van der Waals surface area contributed by atoms with Gasteiger partial charge in [0.05, 0.1) is 6.61 Å². The maximum Gasteiger partial charge on any atom is 0.164 e. The quantitative estimate of drug-likeness (QED) is 0.710. The van der Waals surface area contributed by atoms with Gasteiger partial charge in [-0.15, -0.1) is 0 Å². The van der Waals surface area contributed by atoms with Crippen molar-refractivity contribution in [3.63, 3.8) is 0 Å². The van der Waals surface area contributed by atoms with Gasteiger partial charge in [-0.3, -0.25) is 0 Å². The first-order valence-corrected chi connectivity index (χ1v) is 6.60. The number of ether oxygens (including phenoxy) is 1. The Hall–Kier alpha value is -2.39. The van der Waals surface area contributed by atoms with Gasteiger partial charge in [0.2, 0.25) is 0 Å². The zero-order valence-electron chi connectivity index (χ0n) is 10.8. The standard InChI is InChI=1S/C17H13NO2/c1-3-7-14(8-4-1)17(15-9-5-2-6-10-15)16-13(11-19-17)12-20-18-16/h1-10,12H,11H2. The zero-order valence-corrected chi connectivity index (χ0v) is 10.8. The first-order valence-electron chi connectivity index (χ1n) is 6.60. The molecule has 4 rings (SSSR count). The number of benzene rings is 2. The number of hydrogen-bond donors (Lipinski definition) is 0. The minimum atomic E-state index is -0.662. The summed E-state index contributed by atoms with van der Waals surface area (Å²) in [4.78, 5) is 0. The minimum Gasteiger partial charge on any atom is -0.364 e. The molecule has 0 saturated carbocycles. The van der Waals surface area contributed by atoms with Crippen molar-refractivity contribution in [2.24, 2.45) is 0 Å². The van der Waals surface area contributed by atoms with Crippen LogP contribution in [0.3, 0.4) is 0 Å². The summed E-state index contributed by atoms with van der Waals surface area (Å²) >= 11 is 0. The minimum absolute atomic E-state index is 0.516. The molecule has 0 N–H and O–H groups in total. The average molecular weight is 263 g/mol. The van der Waals surface area contributed by atoms with Crippen molar-refractivity contribution in [1.82, 2.24) is 5.16 Å². The predicted molar refractivity (Wildman–Crippen MR) is 74.1 cm³/mol. The van der Waals surface area contributed by atoms with E-state index in [1.807, 2.05) is 36.4 Å². The molecule has 98 valence electrons. The van der Waals surface area contributed by atoms with E-state index in [9.17, 15) is 0 Å². The van der Waals surface area contributed by atoms with Crippen molar-refractivity contribution < 1.29 is 9.26 Å². The fourth-order valence-electron chi connectivity index (χ4n) is 2.86. The molecule has 0 radical (unpaired) electrons. The van der Waals surface area contributed by atoms with Crippen molar-refractivity contribution in [2.75, 3.05) is 0 Å². The van der Waals surface area contributed by atoms with Gasteiger partial charge in [-0.2, -0.15) is 0 Å². The van der Waals surface area contributed by atoms with Gasteiger partial charge in [0.15, 0.2) is 5.60 Å². The molecule has 2 heterocycles. The number of rotatable bonds is 2. The summed E-state index contributed by atoms with van der Waals surface area (Å²) in [5.41, 5.74) is 3.34. The van der Waals surface area contributed by atoms with Crippen molar-refractivity contribution >= 4 is 0 Å². The first kappa shape index (κ1) is 11.4. The lowest BCUT2D eigenvalue weighted by molar-refractivity contribution is 0.0197. The lowest BCUT2D eigenvalue weighted by Gasteiger charge is -2.28. The van der Waals surface area contributed by atoms with Gasteiger partial charge >= 0.3 is 0 Å².